The quantitative estimate of drug-likeness (QED) is 0.749. The summed E-state index contributed by atoms with van der Waals surface area (Å²) in [6, 6.07) is 3.02. The van der Waals surface area contributed by atoms with Gasteiger partial charge in [-0.2, -0.15) is 18.3 Å². The summed E-state index contributed by atoms with van der Waals surface area (Å²) >= 11 is 0. The molecular formula is C9H7F3N4. The molecule has 0 saturated heterocycles. The Morgan fingerprint density at radius 1 is 1.31 bits per heavy atom. The smallest absolute Gasteiger partial charge is 0.262 e. The summed E-state index contributed by atoms with van der Waals surface area (Å²) in [4.78, 5) is 7.09. The van der Waals surface area contributed by atoms with Crippen molar-refractivity contribution < 1.29 is 13.2 Å². The summed E-state index contributed by atoms with van der Waals surface area (Å²) in [5.74, 6) is -0.978. The third kappa shape index (κ3) is 1.88. The van der Waals surface area contributed by atoms with E-state index in [-0.39, 0.29) is 11.5 Å². The zero-order valence-electron chi connectivity index (χ0n) is 8.23. The summed E-state index contributed by atoms with van der Waals surface area (Å²) in [7, 11) is 0. The lowest BCUT2D eigenvalue weighted by atomic mass is 10.4. The van der Waals surface area contributed by atoms with E-state index in [2.05, 4.69) is 15.1 Å². The molecule has 0 aliphatic carbocycles. The van der Waals surface area contributed by atoms with Gasteiger partial charge >= 0.3 is 6.18 Å². The zero-order valence-corrected chi connectivity index (χ0v) is 8.23. The fourth-order valence-electron chi connectivity index (χ4n) is 1.26. The molecule has 2 aromatic rings. The van der Waals surface area contributed by atoms with Crippen LogP contribution in [0.25, 0.3) is 5.69 Å². The molecule has 7 heteroatoms. The summed E-state index contributed by atoms with van der Waals surface area (Å²) < 4.78 is 38.5. The highest BCUT2D eigenvalue weighted by atomic mass is 19.4. The van der Waals surface area contributed by atoms with Crippen molar-refractivity contribution in [1.82, 2.24) is 19.7 Å². The Hall–Kier alpha value is -1.92. The van der Waals surface area contributed by atoms with Gasteiger partial charge in [-0.05, 0) is 19.1 Å². The monoisotopic (exact) mass is 228 g/mol. The highest BCUT2D eigenvalue weighted by Gasteiger charge is 2.38. The minimum atomic E-state index is -4.53. The summed E-state index contributed by atoms with van der Waals surface area (Å²) in [5, 5.41) is 3.69. The van der Waals surface area contributed by atoms with Gasteiger partial charge in [0.1, 0.15) is 5.82 Å². The van der Waals surface area contributed by atoms with Crippen LogP contribution < -0.4 is 0 Å². The van der Waals surface area contributed by atoms with E-state index in [1.54, 1.807) is 0 Å². The molecule has 4 nitrogen and oxygen atoms in total. The van der Waals surface area contributed by atoms with Gasteiger partial charge in [-0.15, -0.1) is 0 Å². The average Bonchev–Trinajstić information content (AvgIpc) is 2.61. The normalized spacial score (nSPS) is 11.8. The molecular weight excluding hydrogens is 221 g/mol. The van der Waals surface area contributed by atoms with Gasteiger partial charge in [0, 0.05) is 6.20 Å². The molecule has 0 N–H and O–H groups in total. The number of halogens is 3. The Bertz CT molecular complexity index is 489. The van der Waals surface area contributed by atoms with Crippen molar-refractivity contribution in [2.45, 2.75) is 13.1 Å². The Morgan fingerprint density at radius 2 is 2.06 bits per heavy atom. The van der Waals surface area contributed by atoms with Crippen molar-refractivity contribution in [3.8, 4) is 5.69 Å². The van der Waals surface area contributed by atoms with E-state index >= 15 is 0 Å². The molecule has 0 atom stereocenters. The number of rotatable bonds is 1. The molecule has 0 spiro atoms. The number of pyridine rings is 1. The van der Waals surface area contributed by atoms with Crippen molar-refractivity contribution in [2.75, 3.05) is 0 Å². The minimum Gasteiger partial charge on any atom is -0.262 e. The number of hydrogen-bond donors (Lipinski definition) is 0. The van der Waals surface area contributed by atoms with Gasteiger partial charge in [0.2, 0.25) is 5.82 Å². The van der Waals surface area contributed by atoms with Crippen LogP contribution in [0.5, 0.6) is 0 Å². The molecule has 2 heterocycles. The Balaban J connectivity index is 2.58. The fraction of sp³-hybridized carbons (Fsp3) is 0.222. The molecule has 0 amide bonds. The van der Waals surface area contributed by atoms with Crippen LogP contribution in [-0.2, 0) is 6.18 Å². The van der Waals surface area contributed by atoms with E-state index < -0.39 is 12.0 Å². The lowest BCUT2D eigenvalue weighted by Crippen LogP contribution is -2.14. The van der Waals surface area contributed by atoms with E-state index in [1.807, 2.05) is 0 Å². The second kappa shape index (κ2) is 3.58. The van der Waals surface area contributed by atoms with E-state index in [1.165, 1.54) is 31.5 Å². The summed E-state index contributed by atoms with van der Waals surface area (Å²) in [5.41, 5.74) is 0.232. The minimum absolute atomic E-state index is 0.0659. The molecule has 0 unspecified atom stereocenters. The second-order valence-electron chi connectivity index (χ2n) is 3.10. The number of alkyl halides is 3. The molecule has 2 rings (SSSR count). The van der Waals surface area contributed by atoms with Gasteiger partial charge < -0.3 is 0 Å². The molecule has 0 aliphatic rings. The maximum Gasteiger partial charge on any atom is 0.451 e. The van der Waals surface area contributed by atoms with Crippen LogP contribution in [0.4, 0.5) is 13.2 Å². The zero-order chi connectivity index (χ0) is 11.8. The predicted octanol–water partition coefficient (Wildman–Crippen LogP) is 1.99. The van der Waals surface area contributed by atoms with Crippen LogP contribution in [0.1, 0.15) is 11.6 Å². The summed E-state index contributed by atoms with van der Waals surface area (Å²) in [6.07, 6.45) is -1.76. The van der Waals surface area contributed by atoms with Crippen molar-refractivity contribution in [3.63, 3.8) is 0 Å². The van der Waals surface area contributed by atoms with Gasteiger partial charge in [0.05, 0.1) is 11.9 Å². The highest BCUT2D eigenvalue weighted by molar-refractivity contribution is 5.28. The van der Waals surface area contributed by atoms with E-state index in [0.717, 1.165) is 4.68 Å². The molecule has 0 saturated carbocycles. The van der Waals surface area contributed by atoms with Crippen LogP contribution in [0.15, 0.2) is 24.5 Å². The fourth-order valence-corrected chi connectivity index (χ4v) is 1.26. The van der Waals surface area contributed by atoms with E-state index in [0.29, 0.717) is 0 Å². The highest BCUT2D eigenvalue weighted by Crippen LogP contribution is 2.29. The van der Waals surface area contributed by atoms with Crippen LogP contribution in [0.3, 0.4) is 0 Å². The molecule has 16 heavy (non-hydrogen) atoms. The molecule has 84 valence electrons. The first-order valence-electron chi connectivity index (χ1n) is 4.40. The van der Waals surface area contributed by atoms with Gasteiger partial charge in [-0.1, -0.05) is 0 Å². The standard InChI is InChI=1S/C9H7F3N4/c1-6-14-8(9(10,11)12)16(15-6)7-3-2-4-13-5-7/h2-5H,1H3. The van der Waals surface area contributed by atoms with Crippen LogP contribution >= 0.6 is 0 Å². The van der Waals surface area contributed by atoms with Crippen LogP contribution in [-0.4, -0.2) is 19.7 Å². The topological polar surface area (TPSA) is 43.6 Å². The van der Waals surface area contributed by atoms with Crippen molar-refractivity contribution in [1.29, 1.82) is 0 Å². The molecule has 2 aromatic heterocycles. The van der Waals surface area contributed by atoms with Crippen LogP contribution in [0.2, 0.25) is 0 Å². The number of aryl methyl sites for hydroxylation is 1. The lowest BCUT2D eigenvalue weighted by Gasteiger charge is -2.07. The maximum absolute atomic E-state index is 12.6. The molecule has 0 fully saturated rings. The molecule has 0 aromatic carbocycles. The molecule has 0 aliphatic heterocycles. The van der Waals surface area contributed by atoms with Gasteiger partial charge in [0.25, 0.3) is 0 Å². The third-order valence-corrected chi connectivity index (χ3v) is 1.86. The van der Waals surface area contributed by atoms with Gasteiger partial charge in [-0.25, -0.2) is 9.67 Å². The Morgan fingerprint density at radius 3 is 2.62 bits per heavy atom. The van der Waals surface area contributed by atoms with Crippen molar-refractivity contribution in [2.24, 2.45) is 0 Å². The lowest BCUT2D eigenvalue weighted by molar-refractivity contribution is -0.146. The Labute approximate surface area is 88.8 Å². The SMILES string of the molecule is Cc1nc(C(F)(F)F)n(-c2cccnc2)n1. The van der Waals surface area contributed by atoms with Crippen LogP contribution in [0, 0.1) is 6.92 Å². The maximum atomic E-state index is 12.6. The number of hydrogen-bond acceptors (Lipinski definition) is 3. The first kappa shape index (κ1) is 10.6. The van der Waals surface area contributed by atoms with E-state index in [4.69, 9.17) is 0 Å². The van der Waals surface area contributed by atoms with Crippen molar-refractivity contribution >= 4 is 0 Å². The Kier molecular flexibility index (Phi) is 2.37. The first-order chi connectivity index (χ1) is 7.48. The van der Waals surface area contributed by atoms with E-state index in [9.17, 15) is 13.2 Å². The second-order valence-corrected chi connectivity index (χ2v) is 3.10. The number of aromatic nitrogens is 4. The largest absolute Gasteiger partial charge is 0.451 e. The molecule has 0 bridgehead atoms. The number of nitrogens with zero attached hydrogens (tertiary/aromatic N) is 4. The first-order valence-corrected chi connectivity index (χ1v) is 4.40. The average molecular weight is 228 g/mol. The summed E-state index contributed by atoms with van der Waals surface area (Å²) in [6.45, 7) is 1.40. The molecule has 0 radical (unpaired) electrons. The predicted molar refractivity (Wildman–Crippen MR) is 48.9 cm³/mol. The van der Waals surface area contributed by atoms with Gasteiger partial charge in [-0.3, -0.25) is 4.98 Å². The van der Waals surface area contributed by atoms with Gasteiger partial charge in [0.15, 0.2) is 0 Å². The third-order valence-electron chi connectivity index (χ3n) is 1.86. The van der Waals surface area contributed by atoms with Crippen molar-refractivity contribution in [3.05, 3.63) is 36.2 Å².